The first kappa shape index (κ1) is 13.2. The lowest BCUT2D eigenvalue weighted by Gasteiger charge is -2.11. The van der Waals surface area contributed by atoms with Crippen molar-refractivity contribution in [2.45, 2.75) is 33.2 Å². The maximum absolute atomic E-state index is 11.9. The maximum Gasteiger partial charge on any atom is 0.285 e. The molecular formula is C12H16N2O3. The van der Waals surface area contributed by atoms with E-state index in [0.717, 1.165) is 6.42 Å². The van der Waals surface area contributed by atoms with Gasteiger partial charge in [0.05, 0.1) is 4.92 Å². The maximum atomic E-state index is 11.9. The molecule has 5 nitrogen and oxygen atoms in total. The highest BCUT2D eigenvalue weighted by Gasteiger charge is 2.22. The SMILES string of the molecule is CC[C@@H](C)NC(=O)c1cccc(C)c1[N+](=O)[O-]. The normalized spacial score (nSPS) is 11.9. The summed E-state index contributed by atoms with van der Waals surface area (Å²) in [4.78, 5) is 22.3. The van der Waals surface area contributed by atoms with Gasteiger partial charge in [-0.2, -0.15) is 0 Å². The van der Waals surface area contributed by atoms with E-state index in [4.69, 9.17) is 0 Å². The van der Waals surface area contributed by atoms with Crippen LogP contribution in [0, 0.1) is 17.0 Å². The number of nitro groups is 1. The summed E-state index contributed by atoms with van der Waals surface area (Å²) in [6.45, 7) is 5.42. The van der Waals surface area contributed by atoms with Crippen LogP contribution in [-0.4, -0.2) is 16.9 Å². The smallest absolute Gasteiger partial charge is 0.285 e. The highest BCUT2D eigenvalue weighted by atomic mass is 16.6. The number of hydrogen-bond donors (Lipinski definition) is 1. The summed E-state index contributed by atoms with van der Waals surface area (Å²) >= 11 is 0. The van der Waals surface area contributed by atoms with Gasteiger partial charge < -0.3 is 5.32 Å². The third-order valence-electron chi connectivity index (χ3n) is 2.65. The number of aryl methyl sites for hydroxylation is 1. The van der Waals surface area contributed by atoms with Gasteiger partial charge in [-0.05, 0) is 26.3 Å². The number of hydrogen-bond acceptors (Lipinski definition) is 3. The number of nitro benzene ring substituents is 1. The summed E-state index contributed by atoms with van der Waals surface area (Å²) in [6.07, 6.45) is 0.783. The Hall–Kier alpha value is -1.91. The molecule has 0 heterocycles. The van der Waals surface area contributed by atoms with Crippen molar-refractivity contribution >= 4 is 11.6 Å². The first-order valence-electron chi connectivity index (χ1n) is 5.52. The molecule has 5 heteroatoms. The lowest BCUT2D eigenvalue weighted by Crippen LogP contribution is -2.32. The minimum absolute atomic E-state index is 0.00242. The van der Waals surface area contributed by atoms with Crippen molar-refractivity contribution in [2.75, 3.05) is 0 Å². The van der Waals surface area contributed by atoms with Gasteiger partial charge in [0.15, 0.2) is 0 Å². The third kappa shape index (κ3) is 3.03. The number of amides is 1. The van der Waals surface area contributed by atoms with E-state index in [2.05, 4.69) is 5.32 Å². The number of benzene rings is 1. The molecule has 1 amide bonds. The zero-order valence-corrected chi connectivity index (χ0v) is 10.2. The molecule has 1 aromatic carbocycles. The lowest BCUT2D eigenvalue weighted by molar-refractivity contribution is -0.385. The molecule has 0 spiro atoms. The minimum atomic E-state index is -0.513. The predicted octanol–water partition coefficient (Wildman–Crippen LogP) is 2.43. The summed E-state index contributed by atoms with van der Waals surface area (Å²) in [7, 11) is 0. The summed E-state index contributed by atoms with van der Waals surface area (Å²) in [5.41, 5.74) is 0.496. The van der Waals surface area contributed by atoms with Gasteiger partial charge in [-0.1, -0.05) is 19.1 Å². The Balaban J connectivity index is 3.09. The number of carbonyl (C=O) groups is 1. The van der Waals surface area contributed by atoms with Gasteiger partial charge in [-0.3, -0.25) is 14.9 Å². The van der Waals surface area contributed by atoms with Crippen LogP contribution in [0.2, 0.25) is 0 Å². The van der Waals surface area contributed by atoms with Crippen LogP contribution < -0.4 is 5.32 Å². The molecule has 0 aliphatic heterocycles. The van der Waals surface area contributed by atoms with Crippen molar-refractivity contribution in [1.82, 2.24) is 5.32 Å². The van der Waals surface area contributed by atoms with Crippen LogP contribution in [0.5, 0.6) is 0 Å². The van der Waals surface area contributed by atoms with E-state index >= 15 is 0 Å². The van der Waals surface area contributed by atoms with Crippen molar-refractivity contribution < 1.29 is 9.72 Å². The molecule has 1 N–H and O–H groups in total. The second-order valence-corrected chi connectivity index (χ2v) is 4.01. The first-order chi connectivity index (χ1) is 7.97. The van der Waals surface area contributed by atoms with E-state index in [-0.39, 0.29) is 17.3 Å². The number of rotatable bonds is 4. The second kappa shape index (κ2) is 5.43. The minimum Gasteiger partial charge on any atom is -0.349 e. The quantitative estimate of drug-likeness (QED) is 0.644. The van der Waals surface area contributed by atoms with Gasteiger partial charge in [-0.15, -0.1) is 0 Å². The summed E-state index contributed by atoms with van der Waals surface area (Å²) < 4.78 is 0. The van der Waals surface area contributed by atoms with Crippen LogP contribution in [0.25, 0.3) is 0 Å². The molecule has 1 rings (SSSR count). The summed E-state index contributed by atoms with van der Waals surface area (Å²) in [5, 5.41) is 13.7. The Morgan fingerprint density at radius 3 is 2.71 bits per heavy atom. The standard InChI is InChI=1S/C12H16N2O3/c1-4-9(3)13-12(15)10-7-5-6-8(2)11(10)14(16)17/h5-7,9H,4H2,1-3H3,(H,13,15)/t9-/m1/s1. The molecule has 1 aromatic rings. The van der Waals surface area contributed by atoms with E-state index in [1.54, 1.807) is 19.1 Å². The average molecular weight is 236 g/mol. The van der Waals surface area contributed by atoms with Crippen molar-refractivity contribution in [2.24, 2.45) is 0 Å². The van der Waals surface area contributed by atoms with Crippen molar-refractivity contribution in [1.29, 1.82) is 0 Å². The molecule has 0 radical (unpaired) electrons. The lowest BCUT2D eigenvalue weighted by atomic mass is 10.1. The van der Waals surface area contributed by atoms with Gasteiger partial charge >= 0.3 is 0 Å². The van der Waals surface area contributed by atoms with Crippen LogP contribution in [0.3, 0.4) is 0 Å². The predicted molar refractivity (Wildman–Crippen MR) is 65.1 cm³/mol. The highest BCUT2D eigenvalue weighted by Crippen LogP contribution is 2.22. The van der Waals surface area contributed by atoms with Crippen LogP contribution in [-0.2, 0) is 0 Å². The largest absolute Gasteiger partial charge is 0.349 e. The van der Waals surface area contributed by atoms with Gasteiger partial charge in [0, 0.05) is 11.6 Å². The van der Waals surface area contributed by atoms with Gasteiger partial charge in [0.1, 0.15) is 5.56 Å². The van der Waals surface area contributed by atoms with Crippen LogP contribution in [0.1, 0.15) is 36.2 Å². The first-order valence-corrected chi connectivity index (χ1v) is 5.52. The molecule has 0 saturated heterocycles. The molecule has 17 heavy (non-hydrogen) atoms. The molecule has 0 aliphatic carbocycles. The average Bonchev–Trinajstić information content (AvgIpc) is 2.27. The van der Waals surface area contributed by atoms with E-state index in [0.29, 0.717) is 5.56 Å². The van der Waals surface area contributed by atoms with Crippen molar-refractivity contribution in [3.05, 3.63) is 39.4 Å². The Labute approximate surface area is 100.0 Å². The third-order valence-corrected chi connectivity index (χ3v) is 2.65. The Morgan fingerprint density at radius 2 is 2.18 bits per heavy atom. The van der Waals surface area contributed by atoms with E-state index in [1.165, 1.54) is 6.07 Å². The van der Waals surface area contributed by atoms with Gasteiger partial charge in [-0.25, -0.2) is 0 Å². The highest BCUT2D eigenvalue weighted by molar-refractivity contribution is 5.98. The summed E-state index contributed by atoms with van der Waals surface area (Å²) in [5.74, 6) is -0.394. The summed E-state index contributed by atoms with van der Waals surface area (Å²) in [6, 6.07) is 4.75. The number of nitrogens with one attached hydrogen (secondary N) is 1. The van der Waals surface area contributed by atoms with E-state index in [9.17, 15) is 14.9 Å². The Kier molecular flexibility index (Phi) is 4.20. The molecule has 0 saturated carbocycles. The monoisotopic (exact) mass is 236 g/mol. The fourth-order valence-electron chi connectivity index (χ4n) is 1.49. The van der Waals surface area contributed by atoms with Gasteiger partial charge in [0.2, 0.25) is 0 Å². The molecule has 0 aliphatic rings. The van der Waals surface area contributed by atoms with Crippen LogP contribution in [0.4, 0.5) is 5.69 Å². The van der Waals surface area contributed by atoms with E-state index < -0.39 is 10.8 Å². The van der Waals surface area contributed by atoms with Gasteiger partial charge in [0.25, 0.3) is 11.6 Å². The molecule has 0 fully saturated rings. The Morgan fingerprint density at radius 1 is 1.53 bits per heavy atom. The zero-order valence-electron chi connectivity index (χ0n) is 10.2. The molecule has 92 valence electrons. The molecule has 0 bridgehead atoms. The number of carbonyl (C=O) groups excluding carboxylic acids is 1. The van der Waals surface area contributed by atoms with Crippen molar-refractivity contribution in [3.63, 3.8) is 0 Å². The van der Waals surface area contributed by atoms with E-state index in [1.807, 2.05) is 13.8 Å². The van der Waals surface area contributed by atoms with Crippen molar-refractivity contribution in [3.8, 4) is 0 Å². The molecule has 1 atom stereocenters. The molecule has 0 unspecified atom stereocenters. The number of nitrogens with zero attached hydrogens (tertiary/aromatic N) is 1. The Bertz CT molecular complexity index is 443. The zero-order chi connectivity index (χ0) is 13.0. The molecule has 0 aromatic heterocycles. The molecular weight excluding hydrogens is 220 g/mol. The fraction of sp³-hybridized carbons (Fsp3) is 0.417. The van der Waals surface area contributed by atoms with Crippen LogP contribution in [0.15, 0.2) is 18.2 Å². The fourth-order valence-corrected chi connectivity index (χ4v) is 1.49. The topological polar surface area (TPSA) is 72.2 Å². The number of para-hydroxylation sites is 1. The second-order valence-electron chi connectivity index (χ2n) is 4.01. The van der Waals surface area contributed by atoms with Crippen LogP contribution >= 0.6 is 0 Å².